The molecule has 2 N–H and O–H groups in total. The summed E-state index contributed by atoms with van der Waals surface area (Å²) >= 11 is 6.78. The molecule has 0 aromatic carbocycles. The Labute approximate surface area is 143 Å². The molecule has 0 unspecified atom stereocenters. The van der Waals surface area contributed by atoms with Gasteiger partial charge in [0, 0.05) is 6.04 Å². The highest BCUT2D eigenvalue weighted by Crippen LogP contribution is 2.23. The van der Waals surface area contributed by atoms with E-state index in [0.717, 1.165) is 30.6 Å². The fraction of sp³-hybridized carbons (Fsp3) is 0.533. The second-order valence-corrected chi connectivity index (χ2v) is 7.28. The monoisotopic (exact) mass is 358 g/mol. The van der Waals surface area contributed by atoms with Crippen LogP contribution < -0.4 is 10.6 Å². The van der Waals surface area contributed by atoms with Crippen molar-refractivity contribution in [2.75, 3.05) is 6.61 Å². The zero-order valence-corrected chi connectivity index (χ0v) is 14.3. The molecule has 8 heteroatoms. The van der Waals surface area contributed by atoms with Gasteiger partial charge in [0.1, 0.15) is 4.88 Å². The number of esters is 1. The Bertz CT molecular complexity index is 590. The Hall–Kier alpha value is -1.60. The molecular weight excluding hydrogens is 340 g/mol. The smallest absolute Gasteiger partial charge is 0.348 e. The molecule has 1 heterocycles. The Morgan fingerprint density at radius 3 is 2.70 bits per heavy atom. The van der Waals surface area contributed by atoms with Gasteiger partial charge in [0.25, 0.3) is 5.91 Å². The van der Waals surface area contributed by atoms with Crippen molar-refractivity contribution in [2.45, 2.75) is 38.6 Å². The summed E-state index contributed by atoms with van der Waals surface area (Å²) in [5.41, 5.74) is 0. The van der Waals surface area contributed by atoms with E-state index in [9.17, 15) is 14.4 Å². The predicted octanol–water partition coefficient (Wildman–Crippen LogP) is 2.96. The normalized spacial score (nSPS) is 20.6. The average Bonchev–Trinajstić information content (AvgIpc) is 2.94. The van der Waals surface area contributed by atoms with Gasteiger partial charge in [-0.05, 0) is 30.9 Å². The first-order valence-electron chi connectivity index (χ1n) is 7.48. The molecule has 3 amide bonds. The molecule has 1 saturated carbocycles. The van der Waals surface area contributed by atoms with Crippen LogP contribution in [-0.2, 0) is 9.53 Å². The van der Waals surface area contributed by atoms with Gasteiger partial charge in [-0.1, -0.05) is 31.4 Å². The van der Waals surface area contributed by atoms with E-state index in [2.05, 4.69) is 17.6 Å². The maximum Gasteiger partial charge on any atom is 0.348 e. The van der Waals surface area contributed by atoms with Crippen molar-refractivity contribution in [1.29, 1.82) is 0 Å². The van der Waals surface area contributed by atoms with Gasteiger partial charge in [0.05, 0.1) is 4.34 Å². The summed E-state index contributed by atoms with van der Waals surface area (Å²) in [5.74, 6) is -0.911. The van der Waals surface area contributed by atoms with Crippen molar-refractivity contribution in [3.8, 4) is 0 Å². The number of carbonyl (C=O) groups is 3. The molecule has 0 radical (unpaired) electrons. The van der Waals surface area contributed by atoms with E-state index >= 15 is 0 Å². The Kier molecular flexibility index (Phi) is 6.41. The zero-order valence-electron chi connectivity index (χ0n) is 12.8. The van der Waals surface area contributed by atoms with Crippen LogP contribution in [0.3, 0.4) is 0 Å². The molecule has 126 valence electrons. The van der Waals surface area contributed by atoms with Crippen LogP contribution in [0.4, 0.5) is 4.79 Å². The number of halogens is 1. The molecule has 23 heavy (non-hydrogen) atoms. The first kappa shape index (κ1) is 17.7. The summed E-state index contributed by atoms with van der Waals surface area (Å²) in [6.07, 6.45) is 4.23. The third kappa shape index (κ3) is 5.51. The lowest BCUT2D eigenvalue weighted by Gasteiger charge is -2.29. The minimum Gasteiger partial charge on any atom is -0.451 e. The highest BCUT2D eigenvalue weighted by atomic mass is 35.5. The number of nitrogens with one attached hydrogen (secondary N) is 2. The van der Waals surface area contributed by atoms with Crippen LogP contribution in [0, 0.1) is 5.92 Å². The van der Waals surface area contributed by atoms with Crippen molar-refractivity contribution >= 4 is 40.8 Å². The third-order valence-corrected chi connectivity index (χ3v) is 5.00. The number of carbonyl (C=O) groups excluding carboxylic acids is 3. The maximum atomic E-state index is 11.8. The number of imide groups is 1. The molecule has 0 saturated heterocycles. The second-order valence-electron chi connectivity index (χ2n) is 5.57. The fourth-order valence-electron chi connectivity index (χ4n) is 2.52. The standard InChI is InChI=1S/C15H19ClN2O4S/c1-9-4-2-3-5-10(9)17-15(21)18-13(19)8-22-14(20)11-6-7-12(16)23-11/h6-7,9-10H,2-5,8H2,1H3,(H2,17,18,19,21)/t9-,10-/m1/s1. The van der Waals surface area contributed by atoms with E-state index in [1.165, 1.54) is 12.5 Å². The van der Waals surface area contributed by atoms with Crippen molar-refractivity contribution < 1.29 is 19.1 Å². The number of urea groups is 1. The van der Waals surface area contributed by atoms with Gasteiger partial charge in [0.2, 0.25) is 0 Å². The van der Waals surface area contributed by atoms with Crippen molar-refractivity contribution in [2.24, 2.45) is 5.92 Å². The number of rotatable bonds is 4. The Balaban J connectivity index is 1.71. The molecule has 0 bridgehead atoms. The van der Waals surface area contributed by atoms with E-state index in [1.54, 1.807) is 6.07 Å². The average molecular weight is 359 g/mol. The summed E-state index contributed by atoms with van der Waals surface area (Å²) in [4.78, 5) is 35.4. The Morgan fingerprint density at radius 2 is 2.04 bits per heavy atom. The lowest BCUT2D eigenvalue weighted by atomic mass is 9.86. The number of ether oxygens (including phenoxy) is 1. The quantitative estimate of drug-likeness (QED) is 0.810. The first-order valence-corrected chi connectivity index (χ1v) is 8.68. The molecule has 1 aromatic rings. The lowest BCUT2D eigenvalue weighted by molar-refractivity contribution is -0.123. The predicted molar refractivity (Wildman–Crippen MR) is 87.7 cm³/mol. The number of thiophene rings is 1. The largest absolute Gasteiger partial charge is 0.451 e. The summed E-state index contributed by atoms with van der Waals surface area (Å²) in [5, 5.41) is 4.97. The highest BCUT2D eigenvalue weighted by Gasteiger charge is 2.23. The molecule has 1 aliphatic carbocycles. The van der Waals surface area contributed by atoms with Crippen molar-refractivity contribution in [1.82, 2.24) is 10.6 Å². The van der Waals surface area contributed by atoms with E-state index < -0.39 is 24.5 Å². The van der Waals surface area contributed by atoms with E-state index in [-0.39, 0.29) is 6.04 Å². The molecule has 6 nitrogen and oxygen atoms in total. The van der Waals surface area contributed by atoms with Crippen LogP contribution in [0.25, 0.3) is 0 Å². The lowest BCUT2D eigenvalue weighted by Crippen LogP contribution is -2.48. The summed E-state index contributed by atoms with van der Waals surface area (Å²) < 4.78 is 5.30. The third-order valence-electron chi connectivity index (χ3n) is 3.79. The maximum absolute atomic E-state index is 11.8. The van der Waals surface area contributed by atoms with Gasteiger partial charge in [-0.25, -0.2) is 9.59 Å². The minimum absolute atomic E-state index is 0.0763. The molecule has 1 aliphatic rings. The second kappa shape index (κ2) is 8.31. The number of amides is 3. The van der Waals surface area contributed by atoms with Crippen LogP contribution in [0.15, 0.2) is 12.1 Å². The number of hydrogen-bond donors (Lipinski definition) is 2. The van der Waals surface area contributed by atoms with Crippen LogP contribution in [0.5, 0.6) is 0 Å². The van der Waals surface area contributed by atoms with Gasteiger partial charge in [-0.15, -0.1) is 11.3 Å². The highest BCUT2D eigenvalue weighted by molar-refractivity contribution is 7.17. The molecule has 1 aromatic heterocycles. The zero-order chi connectivity index (χ0) is 16.8. The molecular formula is C15H19ClN2O4S. The van der Waals surface area contributed by atoms with E-state index in [1.807, 2.05) is 0 Å². The van der Waals surface area contributed by atoms with Gasteiger partial charge >= 0.3 is 12.0 Å². The van der Waals surface area contributed by atoms with Gasteiger partial charge in [-0.2, -0.15) is 0 Å². The van der Waals surface area contributed by atoms with Gasteiger partial charge in [0.15, 0.2) is 6.61 Å². The van der Waals surface area contributed by atoms with Crippen LogP contribution in [0.1, 0.15) is 42.3 Å². The molecule has 0 aliphatic heterocycles. The summed E-state index contributed by atoms with van der Waals surface area (Å²) in [6.45, 7) is 1.57. The SMILES string of the molecule is C[C@@H]1CCCC[C@H]1NC(=O)NC(=O)COC(=O)c1ccc(Cl)s1. The van der Waals surface area contributed by atoms with Crippen molar-refractivity contribution in [3.05, 3.63) is 21.3 Å². The van der Waals surface area contributed by atoms with Crippen LogP contribution in [-0.4, -0.2) is 30.6 Å². The molecule has 2 rings (SSSR count). The first-order chi connectivity index (χ1) is 11.0. The number of hydrogen-bond acceptors (Lipinski definition) is 5. The molecule has 2 atom stereocenters. The van der Waals surface area contributed by atoms with Gasteiger partial charge in [-0.3, -0.25) is 10.1 Å². The minimum atomic E-state index is -0.665. The molecule has 0 spiro atoms. The van der Waals surface area contributed by atoms with Crippen molar-refractivity contribution in [3.63, 3.8) is 0 Å². The fourth-order valence-corrected chi connectivity index (χ4v) is 3.46. The summed E-state index contributed by atoms with van der Waals surface area (Å²) in [6, 6.07) is 2.61. The van der Waals surface area contributed by atoms with E-state index in [4.69, 9.17) is 16.3 Å². The van der Waals surface area contributed by atoms with Crippen LogP contribution >= 0.6 is 22.9 Å². The Morgan fingerprint density at radius 1 is 1.30 bits per heavy atom. The van der Waals surface area contributed by atoms with Crippen LogP contribution in [0.2, 0.25) is 4.34 Å². The molecule has 1 fully saturated rings. The topological polar surface area (TPSA) is 84.5 Å². The van der Waals surface area contributed by atoms with E-state index in [0.29, 0.717) is 15.1 Å². The van der Waals surface area contributed by atoms with Gasteiger partial charge < -0.3 is 10.1 Å². The summed E-state index contributed by atoms with van der Waals surface area (Å²) in [7, 11) is 0.